The zero-order chi connectivity index (χ0) is 15.4. The molecule has 0 aliphatic rings. The van der Waals surface area contributed by atoms with E-state index in [0.29, 0.717) is 11.3 Å². The molecule has 1 aromatic heterocycles. The van der Waals surface area contributed by atoms with Gasteiger partial charge in [0, 0.05) is 18.3 Å². The molecule has 0 aliphatic heterocycles. The molecule has 0 aliphatic carbocycles. The Morgan fingerprint density at radius 2 is 2.19 bits per heavy atom. The molecule has 1 amide bonds. The van der Waals surface area contributed by atoms with Crippen LogP contribution in [0.15, 0.2) is 24.4 Å². The molecule has 0 saturated heterocycles. The van der Waals surface area contributed by atoms with Crippen molar-refractivity contribution in [3.63, 3.8) is 0 Å². The zero-order valence-electron chi connectivity index (χ0n) is 12.4. The van der Waals surface area contributed by atoms with Gasteiger partial charge in [-0.05, 0) is 31.5 Å². The van der Waals surface area contributed by atoms with Gasteiger partial charge in [0.25, 0.3) is 5.91 Å². The Labute approximate surface area is 124 Å². The van der Waals surface area contributed by atoms with Crippen molar-refractivity contribution in [2.45, 2.75) is 13.8 Å². The monoisotopic (exact) mass is 282 g/mol. The summed E-state index contributed by atoms with van der Waals surface area (Å²) in [6.45, 7) is 4.11. The van der Waals surface area contributed by atoms with E-state index in [0.717, 1.165) is 16.8 Å². The molecule has 21 heavy (non-hydrogen) atoms. The van der Waals surface area contributed by atoms with Crippen LogP contribution >= 0.6 is 0 Å². The van der Waals surface area contributed by atoms with Crippen molar-refractivity contribution in [3.8, 4) is 11.8 Å². The number of rotatable bonds is 2. The van der Waals surface area contributed by atoms with Crippen LogP contribution in [0.3, 0.4) is 0 Å². The molecule has 0 atom stereocenters. The van der Waals surface area contributed by atoms with Crippen LogP contribution in [0, 0.1) is 25.7 Å². The Balaban J connectivity index is 2.31. The minimum atomic E-state index is -0.194. The summed E-state index contributed by atoms with van der Waals surface area (Å²) in [5, 5.41) is 6.96. The number of anilines is 1. The third-order valence-corrected chi connectivity index (χ3v) is 3.23. The summed E-state index contributed by atoms with van der Waals surface area (Å²) < 4.78 is 1.67. The average molecular weight is 282 g/mol. The van der Waals surface area contributed by atoms with Gasteiger partial charge in [0.05, 0.1) is 24.0 Å². The number of hydrogen-bond acceptors (Lipinski definition) is 3. The van der Waals surface area contributed by atoms with Crippen molar-refractivity contribution >= 4 is 11.6 Å². The normalized spacial score (nSPS) is 9.90. The van der Waals surface area contributed by atoms with E-state index in [1.54, 1.807) is 17.9 Å². The fourth-order valence-corrected chi connectivity index (χ4v) is 1.93. The maximum atomic E-state index is 12.3. The van der Waals surface area contributed by atoms with Gasteiger partial charge >= 0.3 is 0 Å². The van der Waals surface area contributed by atoms with E-state index in [4.69, 9.17) is 5.73 Å². The fourth-order valence-electron chi connectivity index (χ4n) is 1.93. The number of nitrogens with zero attached hydrogens (tertiary/aromatic N) is 2. The van der Waals surface area contributed by atoms with Crippen LogP contribution < -0.4 is 11.1 Å². The lowest BCUT2D eigenvalue weighted by atomic mass is 10.1. The number of amides is 1. The highest BCUT2D eigenvalue weighted by Crippen LogP contribution is 2.18. The summed E-state index contributed by atoms with van der Waals surface area (Å²) in [4.78, 5) is 12.3. The topological polar surface area (TPSA) is 72.9 Å². The van der Waals surface area contributed by atoms with Gasteiger partial charge < -0.3 is 11.1 Å². The first-order valence-corrected chi connectivity index (χ1v) is 6.62. The predicted molar refractivity (Wildman–Crippen MR) is 83.0 cm³/mol. The Morgan fingerprint density at radius 1 is 1.43 bits per heavy atom. The van der Waals surface area contributed by atoms with E-state index in [1.807, 2.05) is 32.0 Å². The van der Waals surface area contributed by atoms with Crippen LogP contribution in [0.2, 0.25) is 0 Å². The maximum absolute atomic E-state index is 12.3. The van der Waals surface area contributed by atoms with Gasteiger partial charge in [0.15, 0.2) is 0 Å². The van der Waals surface area contributed by atoms with E-state index in [2.05, 4.69) is 22.3 Å². The molecule has 0 saturated carbocycles. The Bertz CT molecular complexity index is 734. The second-order valence-corrected chi connectivity index (χ2v) is 4.78. The lowest BCUT2D eigenvalue weighted by Crippen LogP contribution is -2.14. The highest BCUT2D eigenvalue weighted by Gasteiger charge is 2.14. The summed E-state index contributed by atoms with van der Waals surface area (Å²) in [6.07, 6.45) is 1.56. The molecule has 1 heterocycles. The highest BCUT2D eigenvalue weighted by molar-refractivity contribution is 6.05. The number of nitrogens with two attached hydrogens (primary N) is 1. The molecule has 0 radical (unpaired) electrons. The lowest BCUT2D eigenvalue weighted by Gasteiger charge is -2.08. The number of hydrogen-bond donors (Lipinski definition) is 2. The minimum absolute atomic E-state index is 0.194. The molecule has 0 bridgehead atoms. The van der Waals surface area contributed by atoms with Gasteiger partial charge in [0.2, 0.25) is 0 Å². The second-order valence-electron chi connectivity index (χ2n) is 4.78. The highest BCUT2D eigenvalue weighted by atomic mass is 16.1. The maximum Gasteiger partial charge on any atom is 0.259 e. The molecule has 2 rings (SSSR count). The van der Waals surface area contributed by atoms with Crippen LogP contribution in [-0.4, -0.2) is 22.2 Å². The summed E-state index contributed by atoms with van der Waals surface area (Å²) in [5.74, 6) is 5.60. The van der Waals surface area contributed by atoms with E-state index in [-0.39, 0.29) is 12.5 Å². The van der Waals surface area contributed by atoms with Gasteiger partial charge in [-0.3, -0.25) is 9.48 Å². The molecule has 0 unspecified atom stereocenters. The second kappa shape index (κ2) is 6.25. The first kappa shape index (κ1) is 14.8. The van der Waals surface area contributed by atoms with Crippen molar-refractivity contribution in [1.29, 1.82) is 0 Å². The van der Waals surface area contributed by atoms with Gasteiger partial charge in [-0.15, -0.1) is 0 Å². The fraction of sp³-hybridized carbons (Fsp3) is 0.250. The molecule has 0 fully saturated rings. The molecular formula is C16H18N4O. The predicted octanol–water partition coefficient (Wildman–Crippen LogP) is 1.60. The van der Waals surface area contributed by atoms with Crippen molar-refractivity contribution in [1.82, 2.24) is 9.78 Å². The van der Waals surface area contributed by atoms with E-state index < -0.39 is 0 Å². The molecule has 5 nitrogen and oxygen atoms in total. The van der Waals surface area contributed by atoms with E-state index in [9.17, 15) is 4.79 Å². The largest absolute Gasteiger partial charge is 0.321 e. The van der Waals surface area contributed by atoms with Crippen LogP contribution in [0.5, 0.6) is 0 Å². The molecule has 5 heteroatoms. The van der Waals surface area contributed by atoms with Gasteiger partial charge in [-0.1, -0.05) is 17.9 Å². The summed E-state index contributed by atoms with van der Waals surface area (Å²) in [6, 6.07) is 5.70. The Hall–Kier alpha value is -2.58. The van der Waals surface area contributed by atoms with Crippen LogP contribution in [0.1, 0.15) is 27.2 Å². The first-order valence-electron chi connectivity index (χ1n) is 6.62. The molecule has 108 valence electrons. The van der Waals surface area contributed by atoms with Gasteiger partial charge in [-0.2, -0.15) is 5.10 Å². The van der Waals surface area contributed by atoms with Gasteiger partial charge in [0.1, 0.15) is 0 Å². The van der Waals surface area contributed by atoms with Crippen molar-refractivity contribution in [2.24, 2.45) is 12.8 Å². The number of nitrogens with one attached hydrogen (secondary N) is 1. The smallest absolute Gasteiger partial charge is 0.259 e. The quantitative estimate of drug-likeness (QED) is 0.822. The van der Waals surface area contributed by atoms with Crippen molar-refractivity contribution in [3.05, 3.63) is 46.8 Å². The number of carbonyl (C=O) groups is 1. The third-order valence-electron chi connectivity index (χ3n) is 3.23. The van der Waals surface area contributed by atoms with E-state index in [1.165, 1.54) is 0 Å². The van der Waals surface area contributed by atoms with Gasteiger partial charge in [-0.25, -0.2) is 0 Å². The Morgan fingerprint density at radius 3 is 2.81 bits per heavy atom. The zero-order valence-corrected chi connectivity index (χ0v) is 12.4. The molecule has 3 N–H and O–H groups in total. The van der Waals surface area contributed by atoms with Crippen LogP contribution in [-0.2, 0) is 7.05 Å². The van der Waals surface area contributed by atoms with E-state index >= 15 is 0 Å². The summed E-state index contributed by atoms with van der Waals surface area (Å²) >= 11 is 0. The molecule has 0 spiro atoms. The lowest BCUT2D eigenvalue weighted by molar-refractivity contribution is 0.102. The summed E-state index contributed by atoms with van der Waals surface area (Å²) in [7, 11) is 1.80. The number of carbonyl (C=O) groups excluding carboxylic acids is 1. The third kappa shape index (κ3) is 3.30. The summed E-state index contributed by atoms with van der Waals surface area (Å²) in [5.41, 5.74) is 9.28. The van der Waals surface area contributed by atoms with Crippen molar-refractivity contribution in [2.75, 3.05) is 11.9 Å². The number of benzene rings is 1. The molecular weight excluding hydrogens is 264 g/mol. The van der Waals surface area contributed by atoms with Crippen LogP contribution in [0.4, 0.5) is 5.69 Å². The molecule has 2 aromatic rings. The average Bonchev–Trinajstić information content (AvgIpc) is 2.79. The minimum Gasteiger partial charge on any atom is -0.321 e. The standard InChI is InChI=1S/C16H18N4O/c1-11-6-7-15(13(9-11)5-4-8-17)19-16(21)14-10-18-20(3)12(14)2/h6-7,9-10H,8,17H2,1-3H3,(H,19,21). The number of aromatic nitrogens is 2. The molecule has 1 aromatic carbocycles. The SMILES string of the molecule is Cc1ccc(NC(=O)c2cnn(C)c2C)c(C#CCN)c1. The van der Waals surface area contributed by atoms with Crippen LogP contribution in [0.25, 0.3) is 0 Å². The number of aryl methyl sites for hydroxylation is 2. The van der Waals surface area contributed by atoms with Crippen molar-refractivity contribution < 1.29 is 4.79 Å². The Kier molecular flexibility index (Phi) is 4.41. The first-order chi connectivity index (χ1) is 10.0.